The molecule has 2 aromatic rings. The molecule has 2 amide bonds. The van der Waals surface area contributed by atoms with Crippen LogP contribution in [0.2, 0.25) is 0 Å². The largest absolute Gasteiger partial charge is 0.397 e. The van der Waals surface area contributed by atoms with Crippen molar-refractivity contribution in [2.24, 2.45) is 11.5 Å². The molecule has 0 aliphatic heterocycles. The summed E-state index contributed by atoms with van der Waals surface area (Å²) in [5.74, 6) is -0.862. The van der Waals surface area contributed by atoms with Crippen molar-refractivity contribution in [1.82, 2.24) is 4.98 Å². The van der Waals surface area contributed by atoms with Crippen LogP contribution >= 0.6 is 0 Å². The number of carbonyl (C=O) groups is 2. The molecule has 7 nitrogen and oxygen atoms in total. The van der Waals surface area contributed by atoms with Gasteiger partial charge in [-0.3, -0.25) is 9.59 Å². The molecule has 0 radical (unpaired) electrons. The maximum Gasteiger partial charge on any atom is 0.252 e. The molecule has 20 heavy (non-hydrogen) atoms. The number of nitrogens with zero attached hydrogens (tertiary/aromatic N) is 1. The quantitative estimate of drug-likeness (QED) is 0.645. The molecule has 0 atom stereocenters. The molecule has 0 fully saturated rings. The summed E-state index contributed by atoms with van der Waals surface area (Å²) >= 11 is 0. The Balaban J connectivity index is 2.30. The van der Waals surface area contributed by atoms with E-state index in [2.05, 4.69) is 10.3 Å². The summed E-state index contributed by atoms with van der Waals surface area (Å²) in [6.45, 7) is 0. The summed E-state index contributed by atoms with van der Waals surface area (Å²) in [5.41, 5.74) is 17.5. The Morgan fingerprint density at radius 2 is 1.70 bits per heavy atom. The van der Waals surface area contributed by atoms with E-state index >= 15 is 0 Å². The van der Waals surface area contributed by atoms with Gasteiger partial charge in [0, 0.05) is 11.3 Å². The normalized spacial score (nSPS) is 10.0. The molecule has 7 N–H and O–H groups in total. The summed E-state index contributed by atoms with van der Waals surface area (Å²) in [6, 6.07) is 7.85. The number of nitrogen functional groups attached to an aromatic ring is 1. The van der Waals surface area contributed by atoms with E-state index in [9.17, 15) is 9.59 Å². The van der Waals surface area contributed by atoms with Gasteiger partial charge < -0.3 is 22.5 Å². The molecule has 1 heterocycles. The van der Waals surface area contributed by atoms with Crippen LogP contribution in [0, 0.1) is 0 Å². The molecule has 102 valence electrons. The number of nitrogens with one attached hydrogen (secondary N) is 1. The van der Waals surface area contributed by atoms with E-state index < -0.39 is 11.8 Å². The highest BCUT2D eigenvalue weighted by Crippen LogP contribution is 2.20. The van der Waals surface area contributed by atoms with E-state index in [4.69, 9.17) is 17.2 Å². The van der Waals surface area contributed by atoms with Crippen molar-refractivity contribution in [3.8, 4) is 0 Å². The predicted molar refractivity (Wildman–Crippen MR) is 75.4 cm³/mol. The first-order valence-electron chi connectivity index (χ1n) is 5.69. The highest BCUT2D eigenvalue weighted by atomic mass is 16.1. The van der Waals surface area contributed by atoms with Gasteiger partial charge in [0.25, 0.3) is 5.91 Å². The summed E-state index contributed by atoms with van der Waals surface area (Å²) in [5, 5.41) is 2.93. The van der Waals surface area contributed by atoms with Gasteiger partial charge in [-0.2, -0.15) is 0 Å². The van der Waals surface area contributed by atoms with E-state index in [0.717, 1.165) is 0 Å². The van der Waals surface area contributed by atoms with Gasteiger partial charge in [-0.1, -0.05) is 0 Å². The van der Waals surface area contributed by atoms with Crippen LogP contribution in [0.5, 0.6) is 0 Å². The molecular formula is C13H13N5O2. The minimum atomic E-state index is -0.638. The van der Waals surface area contributed by atoms with Crippen LogP contribution in [0.1, 0.15) is 20.7 Å². The smallest absolute Gasteiger partial charge is 0.252 e. The lowest BCUT2D eigenvalue weighted by Gasteiger charge is -2.09. The van der Waals surface area contributed by atoms with Crippen LogP contribution in [0.25, 0.3) is 0 Å². The zero-order valence-electron chi connectivity index (χ0n) is 10.5. The summed E-state index contributed by atoms with van der Waals surface area (Å²) in [6.07, 6.45) is 1.41. The number of anilines is 3. The fraction of sp³-hybridized carbons (Fsp3) is 0. The number of carbonyl (C=O) groups excluding carboxylic acids is 2. The molecule has 0 bridgehead atoms. The van der Waals surface area contributed by atoms with E-state index in [1.807, 2.05) is 0 Å². The molecule has 0 aliphatic rings. The van der Waals surface area contributed by atoms with Crippen molar-refractivity contribution in [3.05, 3.63) is 47.7 Å². The molecule has 0 aliphatic carbocycles. The number of primary amides is 2. The lowest BCUT2D eigenvalue weighted by molar-refractivity contribution is 0.0992. The fourth-order valence-corrected chi connectivity index (χ4v) is 1.62. The summed E-state index contributed by atoms with van der Waals surface area (Å²) in [4.78, 5) is 26.3. The Bertz CT molecular complexity index is 667. The third-order valence-electron chi connectivity index (χ3n) is 2.61. The van der Waals surface area contributed by atoms with E-state index in [1.165, 1.54) is 12.3 Å². The molecule has 1 aromatic heterocycles. The third kappa shape index (κ3) is 2.83. The first kappa shape index (κ1) is 13.3. The first-order valence-corrected chi connectivity index (χ1v) is 5.69. The van der Waals surface area contributed by atoms with Crippen molar-refractivity contribution in [1.29, 1.82) is 0 Å². The van der Waals surface area contributed by atoms with Crippen LogP contribution in [-0.2, 0) is 0 Å². The second kappa shape index (κ2) is 5.27. The lowest BCUT2D eigenvalue weighted by Crippen LogP contribution is -2.15. The second-order valence-electron chi connectivity index (χ2n) is 4.10. The molecule has 0 saturated carbocycles. The van der Waals surface area contributed by atoms with Gasteiger partial charge in [-0.25, -0.2) is 4.98 Å². The maximum atomic E-state index is 11.3. The standard InChI is InChI=1S/C13H13N5O2/c14-8-5-10(12(16)20)13(17-6-8)18-9-3-1-7(2-4-9)11(15)19/h1-6H,14H2,(H2,15,19)(H2,16,20)(H,17,18). The van der Waals surface area contributed by atoms with E-state index in [1.54, 1.807) is 24.3 Å². The van der Waals surface area contributed by atoms with Crippen molar-refractivity contribution < 1.29 is 9.59 Å². The summed E-state index contributed by atoms with van der Waals surface area (Å²) in [7, 11) is 0. The molecule has 0 saturated heterocycles. The average Bonchev–Trinajstić information content (AvgIpc) is 2.41. The van der Waals surface area contributed by atoms with Gasteiger partial charge in [0.2, 0.25) is 5.91 Å². The van der Waals surface area contributed by atoms with Gasteiger partial charge >= 0.3 is 0 Å². The number of benzene rings is 1. The van der Waals surface area contributed by atoms with Gasteiger partial charge in [0.05, 0.1) is 17.4 Å². The zero-order chi connectivity index (χ0) is 14.7. The predicted octanol–water partition coefficient (Wildman–Crippen LogP) is 0.605. The molecule has 1 aromatic carbocycles. The molecule has 7 heteroatoms. The molecule has 2 rings (SSSR count). The van der Waals surface area contributed by atoms with Crippen molar-refractivity contribution in [3.63, 3.8) is 0 Å². The summed E-state index contributed by atoms with van der Waals surface area (Å²) < 4.78 is 0. The molecular weight excluding hydrogens is 258 g/mol. The number of pyridine rings is 1. The zero-order valence-corrected chi connectivity index (χ0v) is 10.5. The number of aromatic nitrogens is 1. The molecule has 0 unspecified atom stereocenters. The van der Waals surface area contributed by atoms with Crippen LogP contribution in [0.4, 0.5) is 17.2 Å². The van der Waals surface area contributed by atoms with E-state index in [-0.39, 0.29) is 5.56 Å². The number of amides is 2. The molecule has 0 spiro atoms. The van der Waals surface area contributed by atoms with Crippen molar-refractivity contribution in [2.75, 3.05) is 11.1 Å². The number of rotatable bonds is 4. The Morgan fingerprint density at radius 3 is 2.25 bits per heavy atom. The number of hydrogen-bond donors (Lipinski definition) is 4. The minimum Gasteiger partial charge on any atom is -0.397 e. The Labute approximate surface area is 114 Å². The van der Waals surface area contributed by atoms with Gasteiger partial charge in [-0.15, -0.1) is 0 Å². The van der Waals surface area contributed by atoms with Crippen LogP contribution in [-0.4, -0.2) is 16.8 Å². The minimum absolute atomic E-state index is 0.184. The Morgan fingerprint density at radius 1 is 1.05 bits per heavy atom. The van der Waals surface area contributed by atoms with Crippen molar-refractivity contribution >= 4 is 29.0 Å². The van der Waals surface area contributed by atoms with Crippen LogP contribution < -0.4 is 22.5 Å². The van der Waals surface area contributed by atoms with Crippen LogP contribution in [0.15, 0.2) is 36.5 Å². The lowest BCUT2D eigenvalue weighted by atomic mass is 10.2. The third-order valence-corrected chi connectivity index (χ3v) is 2.61. The van der Waals surface area contributed by atoms with Gasteiger partial charge in [-0.05, 0) is 30.3 Å². The SMILES string of the molecule is NC(=O)c1ccc(Nc2ncc(N)cc2C(N)=O)cc1. The Hall–Kier alpha value is -3.09. The average molecular weight is 271 g/mol. The van der Waals surface area contributed by atoms with Crippen molar-refractivity contribution in [2.45, 2.75) is 0 Å². The number of nitrogens with two attached hydrogens (primary N) is 3. The maximum absolute atomic E-state index is 11.3. The van der Waals surface area contributed by atoms with E-state index in [0.29, 0.717) is 22.8 Å². The fourth-order valence-electron chi connectivity index (χ4n) is 1.62. The highest BCUT2D eigenvalue weighted by Gasteiger charge is 2.10. The van der Waals surface area contributed by atoms with Gasteiger partial charge in [0.1, 0.15) is 5.82 Å². The monoisotopic (exact) mass is 271 g/mol. The topological polar surface area (TPSA) is 137 Å². The Kier molecular flexibility index (Phi) is 3.52. The first-order chi connectivity index (χ1) is 9.47. The van der Waals surface area contributed by atoms with Crippen LogP contribution in [0.3, 0.4) is 0 Å². The highest BCUT2D eigenvalue weighted by molar-refractivity contribution is 5.99. The second-order valence-corrected chi connectivity index (χ2v) is 4.10. The van der Waals surface area contributed by atoms with Gasteiger partial charge in [0.15, 0.2) is 0 Å². The number of hydrogen-bond acceptors (Lipinski definition) is 5.